The van der Waals surface area contributed by atoms with Crippen LogP contribution in [0.25, 0.3) is 0 Å². The third-order valence-corrected chi connectivity index (χ3v) is 3.71. The normalized spacial score (nSPS) is 15.6. The molecule has 1 aromatic rings. The molecule has 0 aliphatic heterocycles. The first-order valence-electron chi connectivity index (χ1n) is 6.67. The van der Waals surface area contributed by atoms with Crippen molar-refractivity contribution < 1.29 is 9.59 Å². The lowest BCUT2D eigenvalue weighted by Crippen LogP contribution is -2.38. The first kappa shape index (κ1) is 13.5. The Morgan fingerprint density at radius 1 is 1.32 bits per heavy atom. The van der Waals surface area contributed by atoms with E-state index < -0.39 is 0 Å². The van der Waals surface area contributed by atoms with E-state index in [0.29, 0.717) is 17.3 Å². The number of benzene rings is 1. The summed E-state index contributed by atoms with van der Waals surface area (Å²) in [6.07, 6.45) is 7.30. The van der Waals surface area contributed by atoms with Crippen molar-refractivity contribution in [3.05, 3.63) is 29.8 Å². The Balaban J connectivity index is 2.13. The minimum absolute atomic E-state index is 0.00477. The number of rotatable bonds is 3. The maximum atomic E-state index is 12.4. The maximum absolute atomic E-state index is 12.4. The molecule has 0 radical (unpaired) electrons. The van der Waals surface area contributed by atoms with Crippen molar-refractivity contribution in [3.8, 4) is 0 Å². The molecule has 4 nitrogen and oxygen atoms in total. The number of nitrogens with zero attached hydrogens (tertiary/aromatic N) is 2. The fourth-order valence-corrected chi connectivity index (χ4v) is 2.60. The summed E-state index contributed by atoms with van der Waals surface area (Å²) in [4.78, 5) is 28.0. The van der Waals surface area contributed by atoms with Crippen molar-refractivity contribution in [2.75, 3.05) is 7.05 Å². The van der Waals surface area contributed by atoms with Crippen LogP contribution in [0.2, 0.25) is 0 Å². The number of amides is 1. The van der Waals surface area contributed by atoms with E-state index in [1.165, 1.54) is 25.3 Å². The van der Waals surface area contributed by atoms with Crippen LogP contribution in [0.4, 0.5) is 5.69 Å². The lowest BCUT2D eigenvalue weighted by molar-refractivity contribution is 0.0696. The van der Waals surface area contributed by atoms with Gasteiger partial charge in [0.2, 0.25) is 6.08 Å². The molecule has 1 saturated carbocycles. The average Bonchev–Trinajstić information content (AvgIpc) is 2.47. The Hall–Kier alpha value is -1.93. The second-order valence-corrected chi connectivity index (χ2v) is 4.96. The van der Waals surface area contributed by atoms with Crippen LogP contribution in [0.1, 0.15) is 42.5 Å². The molecule has 0 aromatic heterocycles. The van der Waals surface area contributed by atoms with Crippen LogP contribution in [0.15, 0.2) is 29.3 Å². The number of aliphatic imine (C=N–C) groups is 1. The van der Waals surface area contributed by atoms with Crippen LogP contribution < -0.4 is 0 Å². The fourth-order valence-electron chi connectivity index (χ4n) is 2.60. The molecule has 1 aliphatic rings. The van der Waals surface area contributed by atoms with E-state index in [1.54, 1.807) is 24.3 Å². The predicted molar refractivity (Wildman–Crippen MR) is 73.2 cm³/mol. The van der Waals surface area contributed by atoms with Gasteiger partial charge in [0.25, 0.3) is 5.91 Å². The van der Waals surface area contributed by atoms with E-state index in [0.717, 1.165) is 12.8 Å². The number of hydrogen-bond donors (Lipinski definition) is 0. The molecule has 2 rings (SSSR count). The van der Waals surface area contributed by atoms with Crippen LogP contribution >= 0.6 is 0 Å². The molecule has 1 fully saturated rings. The zero-order valence-corrected chi connectivity index (χ0v) is 11.1. The fraction of sp³-hybridized carbons (Fsp3) is 0.467. The Bertz CT molecular complexity index is 501. The van der Waals surface area contributed by atoms with Crippen LogP contribution in [0.3, 0.4) is 0 Å². The molecule has 4 heteroatoms. The Morgan fingerprint density at radius 2 is 2.05 bits per heavy atom. The van der Waals surface area contributed by atoms with Crippen LogP contribution in [0.5, 0.6) is 0 Å². The summed E-state index contributed by atoms with van der Waals surface area (Å²) in [5.41, 5.74) is 1.04. The van der Waals surface area contributed by atoms with Gasteiger partial charge in [0.05, 0.1) is 5.69 Å². The lowest BCUT2D eigenvalue weighted by Gasteiger charge is -2.31. The SMILES string of the molecule is CN(C(=O)c1cccc(N=C=O)c1)C1CCCCC1. The van der Waals surface area contributed by atoms with Gasteiger partial charge in [-0.1, -0.05) is 25.3 Å². The van der Waals surface area contributed by atoms with Crippen molar-refractivity contribution in [2.24, 2.45) is 4.99 Å². The third kappa shape index (κ3) is 3.30. The van der Waals surface area contributed by atoms with Gasteiger partial charge < -0.3 is 4.90 Å². The molecule has 1 aromatic carbocycles. The standard InChI is InChI=1S/C15H18N2O2/c1-17(14-8-3-2-4-9-14)15(19)12-6-5-7-13(10-12)16-11-18/h5-7,10,14H,2-4,8-9H2,1H3. The molecule has 0 spiro atoms. The van der Waals surface area contributed by atoms with Gasteiger partial charge in [0.1, 0.15) is 0 Å². The topological polar surface area (TPSA) is 49.7 Å². The molecular weight excluding hydrogens is 240 g/mol. The molecule has 100 valence electrons. The largest absolute Gasteiger partial charge is 0.339 e. The Labute approximate surface area is 113 Å². The van der Waals surface area contributed by atoms with E-state index in [1.807, 2.05) is 11.9 Å². The van der Waals surface area contributed by atoms with E-state index >= 15 is 0 Å². The molecule has 1 aliphatic carbocycles. The summed E-state index contributed by atoms with van der Waals surface area (Å²) in [5.74, 6) is -0.00477. The molecule has 0 atom stereocenters. The minimum Gasteiger partial charge on any atom is -0.339 e. The number of hydrogen-bond acceptors (Lipinski definition) is 3. The second kappa shape index (κ2) is 6.30. The zero-order valence-electron chi connectivity index (χ0n) is 11.1. The quantitative estimate of drug-likeness (QED) is 0.618. The van der Waals surface area contributed by atoms with Crippen molar-refractivity contribution in [2.45, 2.75) is 38.1 Å². The summed E-state index contributed by atoms with van der Waals surface area (Å²) in [5, 5.41) is 0. The molecule has 19 heavy (non-hydrogen) atoms. The molecule has 0 unspecified atom stereocenters. The number of isocyanates is 1. The number of carbonyl (C=O) groups is 1. The molecule has 0 N–H and O–H groups in total. The summed E-state index contributed by atoms with van der Waals surface area (Å²) in [6, 6.07) is 7.14. The van der Waals surface area contributed by atoms with Crippen LogP contribution in [-0.2, 0) is 4.79 Å². The molecule has 1 amide bonds. The second-order valence-electron chi connectivity index (χ2n) is 4.96. The van der Waals surface area contributed by atoms with E-state index in [2.05, 4.69) is 4.99 Å². The van der Waals surface area contributed by atoms with E-state index in [-0.39, 0.29) is 5.91 Å². The first-order valence-corrected chi connectivity index (χ1v) is 6.67. The van der Waals surface area contributed by atoms with Crippen LogP contribution in [0, 0.1) is 0 Å². The third-order valence-electron chi connectivity index (χ3n) is 3.71. The van der Waals surface area contributed by atoms with E-state index in [4.69, 9.17) is 0 Å². The number of carbonyl (C=O) groups excluding carboxylic acids is 2. The summed E-state index contributed by atoms with van der Waals surface area (Å²) >= 11 is 0. The lowest BCUT2D eigenvalue weighted by atomic mass is 9.94. The highest BCUT2D eigenvalue weighted by Crippen LogP contribution is 2.23. The summed E-state index contributed by atoms with van der Waals surface area (Å²) in [6.45, 7) is 0. The van der Waals surface area contributed by atoms with Crippen molar-refractivity contribution in [3.63, 3.8) is 0 Å². The predicted octanol–water partition coefficient (Wildman–Crippen LogP) is 3.06. The van der Waals surface area contributed by atoms with Crippen molar-refractivity contribution in [1.29, 1.82) is 0 Å². The summed E-state index contributed by atoms with van der Waals surface area (Å²) in [7, 11) is 1.86. The van der Waals surface area contributed by atoms with Crippen LogP contribution in [-0.4, -0.2) is 30.0 Å². The maximum Gasteiger partial charge on any atom is 0.253 e. The van der Waals surface area contributed by atoms with Gasteiger partial charge in [-0.05, 0) is 31.0 Å². The Kier molecular flexibility index (Phi) is 4.48. The minimum atomic E-state index is -0.00477. The average molecular weight is 258 g/mol. The van der Waals surface area contributed by atoms with Gasteiger partial charge in [-0.3, -0.25) is 4.79 Å². The monoisotopic (exact) mass is 258 g/mol. The first-order chi connectivity index (χ1) is 9.22. The highest BCUT2D eigenvalue weighted by molar-refractivity contribution is 5.95. The summed E-state index contributed by atoms with van der Waals surface area (Å²) < 4.78 is 0. The molecule has 0 heterocycles. The van der Waals surface area contributed by atoms with Crippen molar-refractivity contribution in [1.82, 2.24) is 4.90 Å². The highest BCUT2D eigenvalue weighted by Gasteiger charge is 2.22. The van der Waals surface area contributed by atoms with E-state index in [9.17, 15) is 9.59 Å². The van der Waals surface area contributed by atoms with Gasteiger partial charge in [0, 0.05) is 18.7 Å². The van der Waals surface area contributed by atoms with Gasteiger partial charge >= 0.3 is 0 Å². The van der Waals surface area contributed by atoms with Gasteiger partial charge in [-0.2, -0.15) is 4.99 Å². The Morgan fingerprint density at radius 3 is 2.74 bits per heavy atom. The molecular formula is C15H18N2O2. The smallest absolute Gasteiger partial charge is 0.253 e. The van der Waals surface area contributed by atoms with Gasteiger partial charge in [-0.25, -0.2) is 4.79 Å². The van der Waals surface area contributed by atoms with Gasteiger partial charge in [-0.15, -0.1) is 0 Å². The van der Waals surface area contributed by atoms with Crippen molar-refractivity contribution >= 4 is 17.7 Å². The molecule has 0 bridgehead atoms. The zero-order chi connectivity index (χ0) is 13.7. The van der Waals surface area contributed by atoms with Gasteiger partial charge in [0.15, 0.2) is 0 Å². The molecule has 0 saturated heterocycles. The highest BCUT2D eigenvalue weighted by atomic mass is 16.2.